The fraction of sp³-hybridized carbons (Fsp3) is 0.562. The Morgan fingerprint density at radius 2 is 2.18 bits per heavy atom. The van der Waals surface area contributed by atoms with Gasteiger partial charge in [-0.3, -0.25) is 4.98 Å². The number of hydrogen-bond donors (Lipinski definition) is 0. The van der Waals surface area contributed by atoms with Gasteiger partial charge in [-0.05, 0) is 31.9 Å². The van der Waals surface area contributed by atoms with Crippen molar-refractivity contribution in [2.45, 2.75) is 50.2 Å². The Hall–Kier alpha value is -1.80. The number of nitrogens with zero attached hydrogens (tertiary/aromatic N) is 3. The molecule has 2 aliphatic rings. The molecule has 116 valence electrons. The Morgan fingerprint density at radius 1 is 1.50 bits per heavy atom. The van der Waals surface area contributed by atoms with Crippen molar-refractivity contribution < 1.29 is 9.53 Å². The summed E-state index contributed by atoms with van der Waals surface area (Å²) in [4.78, 5) is 22.3. The summed E-state index contributed by atoms with van der Waals surface area (Å²) in [6.07, 6.45) is 4.41. The van der Waals surface area contributed by atoms with E-state index in [1.165, 1.54) is 0 Å². The first-order valence-corrected chi connectivity index (χ1v) is 7.93. The molecule has 5 nitrogen and oxygen atoms in total. The van der Waals surface area contributed by atoms with E-state index in [1.54, 1.807) is 12.3 Å². The van der Waals surface area contributed by atoms with E-state index in [-0.39, 0.29) is 18.2 Å². The van der Waals surface area contributed by atoms with Crippen molar-refractivity contribution in [3.05, 3.63) is 40.5 Å². The van der Waals surface area contributed by atoms with Crippen molar-refractivity contribution >= 4 is 17.7 Å². The molecule has 0 spiro atoms. The molecule has 0 aliphatic carbocycles. The fourth-order valence-corrected chi connectivity index (χ4v) is 3.84. The maximum Gasteiger partial charge on any atom is 0.410 e. The summed E-state index contributed by atoms with van der Waals surface area (Å²) < 4.78 is 5.16. The van der Waals surface area contributed by atoms with Crippen molar-refractivity contribution in [1.82, 2.24) is 9.88 Å². The average Bonchev–Trinajstić information content (AvgIpc) is 2.80. The number of amides is 1. The Bertz CT molecular complexity index is 597. The highest BCUT2D eigenvalue weighted by Gasteiger charge is 2.56. The smallest absolute Gasteiger partial charge is 0.410 e. The molecule has 2 saturated heterocycles. The second kappa shape index (κ2) is 5.77. The zero-order chi connectivity index (χ0) is 15.7. The molecule has 1 amide bonds. The Kier molecular flexibility index (Phi) is 3.96. The largest absolute Gasteiger partial charge is 0.450 e. The first-order valence-electron chi connectivity index (χ1n) is 7.55. The highest BCUT2D eigenvalue weighted by Crippen LogP contribution is 2.47. The number of aromatic nitrogens is 1. The maximum absolute atomic E-state index is 12.1. The molecule has 0 radical (unpaired) electrons. The van der Waals surface area contributed by atoms with Crippen LogP contribution >= 0.6 is 11.6 Å². The van der Waals surface area contributed by atoms with Crippen LogP contribution in [-0.4, -0.2) is 34.7 Å². The predicted molar refractivity (Wildman–Crippen MR) is 82.4 cm³/mol. The minimum absolute atomic E-state index is 0.0596. The minimum Gasteiger partial charge on any atom is -0.450 e. The van der Waals surface area contributed by atoms with Crippen LogP contribution in [0.4, 0.5) is 4.79 Å². The summed E-state index contributed by atoms with van der Waals surface area (Å²) in [6, 6.07) is 3.73. The predicted octanol–water partition coefficient (Wildman–Crippen LogP) is 3.63. The number of pyridine rings is 1. The zero-order valence-corrected chi connectivity index (χ0v) is 13.2. The number of ether oxygens (including phenoxy) is 1. The van der Waals surface area contributed by atoms with E-state index in [4.69, 9.17) is 22.9 Å². The van der Waals surface area contributed by atoms with Crippen molar-refractivity contribution in [2.24, 2.45) is 0 Å². The third-order valence-electron chi connectivity index (χ3n) is 4.66. The molecule has 2 bridgehead atoms. The molecule has 2 aliphatic heterocycles. The highest BCUT2D eigenvalue weighted by molar-refractivity contribution is 6.30. The van der Waals surface area contributed by atoms with Crippen molar-refractivity contribution in [3.63, 3.8) is 0 Å². The van der Waals surface area contributed by atoms with Gasteiger partial charge in [0.1, 0.15) is 5.69 Å². The first-order chi connectivity index (χ1) is 10.6. The van der Waals surface area contributed by atoms with Gasteiger partial charge in [0.2, 0.25) is 0 Å². The number of fused-ring (bicyclic) bond motifs is 2. The van der Waals surface area contributed by atoms with E-state index in [9.17, 15) is 4.79 Å². The maximum atomic E-state index is 12.1. The summed E-state index contributed by atoms with van der Waals surface area (Å²) in [5.41, 5.74) is 0.103. The Morgan fingerprint density at radius 3 is 2.68 bits per heavy atom. The summed E-state index contributed by atoms with van der Waals surface area (Å²) in [5, 5.41) is 0.566. The van der Waals surface area contributed by atoms with Crippen LogP contribution in [0.15, 0.2) is 18.3 Å². The lowest BCUT2D eigenvalue weighted by Gasteiger charge is -2.39. The van der Waals surface area contributed by atoms with Crippen LogP contribution < -0.4 is 0 Å². The molecule has 2 atom stereocenters. The van der Waals surface area contributed by atoms with Gasteiger partial charge in [-0.15, -0.1) is 0 Å². The van der Waals surface area contributed by atoms with Crippen LogP contribution in [0.3, 0.4) is 0 Å². The molecule has 2 fully saturated rings. The molecule has 3 heterocycles. The Labute approximate surface area is 135 Å². The van der Waals surface area contributed by atoms with Gasteiger partial charge in [-0.2, -0.15) is 0 Å². The first kappa shape index (κ1) is 15.1. The zero-order valence-electron chi connectivity index (χ0n) is 12.5. The molecular weight excluding hydrogens is 302 g/mol. The molecule has 1 aromatic rings. The van der Waals surface area contributed by atoms with Gasteiger partial charge < -0.3 is 14.5 Å². The molecule has 1 aromatic heterocycles. The summed E-state index contributed by atoms with van der Waals surface area (Å²) in [5.74, 6) is 0. The van der Waals surface area contributed by atoms with Crippen molar-refractivity contribution in [1.29, 1.82) is 0 Å². The topological polar surface area (TPSA) is 46.8 Å². The van der Waals surface area contributed by atoms with Crippen LogP contribution in [0.1, 0.15) is 38.3 Å². The quantitative estimate of drug-likeness (QED) is 0.782. The van der Waals surface area contributed by atoms with Gasteiger partial charge in [0.05, 0.1) is 24.5 Å². The van der Waals surface area contributed by atoms with E-state index in [0.29, 0.717) is 24.5 Å². The number of piperidine rings is 1. The highest BCUT2D eigenvalue weighted by atomic mass is 35.5. The van der Waals surface area contributed by atoms with Crippen LogP contribution in [0.5, 0.6) is 0 Å². The molecule has 2 unspecified atom stereocenters. The molecule has 0 aromatic carbocycles. The second-order valence-electron chi connectivity index (χ2n) is 5.90. The third-order valence-corrected chi connectivity index (χ3v) is 4.89. The summed E-state index contributed by atoms with van der Waals surface area (Å²) in [6.45, 7) is 9.90. The van der Waals surface area contributed by atoms with Gasteiger partial charge in [0.15, 0.2) is 0 Å². The fourth-order valence-electron chi connectivity index (χ4n) is 3.73. The van der Waals surface area contributed by atoms with E-state index < -0.39 is 5.54 Å². The number of rotatable bonds is 2. The SMILES string of the molecule is [C-]#[N+]C1(c2ccc(Cl)cn2)CC2CCC(C1)N2C(=O)OCC. The number of carbonyl (C=O) groups is 1. The van der Waals surface area contributed by atoms with Gasteiger partial charge in [-0.1, -0.05) is 11.6 Å². The third kappa shape index (κ3) is 2.42. The second-order valence-corrected chi connectivity index (χ2v) is 6.34. The van der Waals surface area contributed by atoms with E-state index >= 15 is 0 Å². The van der Waals surface area contributed by atoms with Crippen molar-refractivity contribution in [3.8, 4) is 0 Å². The van der Waals surface area contributed by atoms with Crippen molar-refractivity contribution in [2.75, 3.05) is 6.61 Å². The molecule has 6 heteroatoms. The summed E-state index contributed by atoms with van der Waals surface area (Å²) in [7, 11) is 0. The molecular formula is C16H18ClN3O2. The van der Waals surface area contributed by atoms with E-state index in [1.807, 2.05) is 17.9 Å². The van der Waals surface area contributed by atoms with Crippen LogP contribution in [0.2, 0.25) is 5.02 Å². The minimum atomic E-state index is -0.653. The van der Waals surface area contributed by atoms with Crippen LogP contribution in [0.25, 0.3) is 4.85 Å². The average molecular weight is 320 g/mol. The standard InChI is InChI=1S/C16H18ClN3O2/c1-3-22-15(21)20-12-5-6-13(20)9-16(8-12,18-2)14-7-4-11(17)10-19-14/h4,7,10,12-13H,3,5-6,8-9H2,1H3. The molecule has 0 saturated carbocycles. The van der Waals surface area contributed by atoms with Gasteiger partial charge in [0.25, 0.3) is 5.54 Å². The lowest BCUT2D eigenvalue weighted by molar-refractivity contribution is 0.0590. The lowest BCUT2D eigenvalue weighted by Crippen LogP contribution is -2.51. The van der Waals surface area contributed by atoms with E-state index in [2.05, 4.69) is 9.83 Å². The molecule has 22 heavy (non-hydrogen) atoms. The number of hydrogen-bond acceptors (Lipinski definition) is 3. The number of carbonyl (C=O) groups excluding carboxylic acids is 1. The van der Waals surface area contributed by atoms with E-state index in [0.717, 1.165) is 18.5 Å². The summed E-state index contributed by atoms with van der Waals surface area (Å²) >= 11 is 5.90. The monoisotopic (exact) mass is 319 g/mol. The molecule has 3 rings (SSSR count). The molecule has 0 N–H and O–H groups in total. The normalized spacial score (nSPS) is 30.0. The van der Waals surface area contributed by atoms with Gasteiger partial charge >= 0.3 is 6.09 Å². The van der Waals surface area contributed by atoms with Gasteiger partial charge in [-0.25, -0.2) is 11.4 Å². The van der Waals surface area contributed by atoms with Crippen LogP contribution in [0, 0.1) is 6.57 Å². The number of halogens is 1. The van der Waals surface area contributed by atoms with Crippen LogP contribution in [-0.2, 0) is 10.3 Å². The van der Waals surface area contributed by atoms with Gasteiger partial charge in [0, 0.05) is 18.3 Å². The Balaban J connectivity index is 1.88. The lowest BCUT2D eigenvalue weighted by atomic mass is 9.80.